The van der Waals surface area contributed by atoms with E-state index in [0.29, 0.717) is 0 Å². The van der Waals surface area contributed by atoms with Gasteiger partial charge in [-0.25, -0.2) is 0 Å². The van der Waals surface area contributed by atoms with Gasteiger partial charge in [0.05, 0.1) is 33.4 Å². The van der Waals surface area contributed by atoms with Crippen LogP contribution in [0.1, 0.15) is 237 Å². The molecule has 0 bridgehead atoms. The molecular weight excluding hydrogens is 1440 g/mol. The lowest BCUT2D eigenvalue weighted by atomic mass is 9.33. The smallest absolute Gasteiger partial charge is 0.252 e. The predicted octanol–water partition coefficient (Wildman–Crippen LogP) is 30.3. The largest absolute Gasteiger partial charge is 0.311 e. The fraction of sp³-hybridized carbons (Fsp3) is 0.316. The average Bonchev–Trinajstić information content (AvgIpc) is 0.938. The van der Waals surface area contributed by atoms with Gasteiger partial charge in [-0.15, -0.1) is 0 Å². The molecule has 0 fully saturated rings. The fourth-order valence-corrected chi connectivity index (χ4v) is 18.5. The third-order valence-corrected chi connectivity index (χ3v) is 26.1. The van der Waals surface area contributed by atoms with Crippen molar-refractivity contribution in [2.75, 3.05) is 9.80 Å². The molecule has 0 N–H and O–H groups in total. The van der Waals surface area contributed by atoms with Crippen LogP contribution in [0.25, 0.3) is 99.5 Å². The summed E-state index contributed by atoms with van der Waals surface area (Å²) in [6.07, 6.45) is 0. The lowest BCUT2D eigenvalue weighted by Gasteiger charge is -2.46. The lowest BCUT2D eigenvalue weighted by Crippen LogP contribution is -2.61. The zero-order chi connectivity index (χ0) is 84.9. The molecule has 0 unspecified atom stereocenters. The summed E-state index contributed by atoms with van der Waals surface area (Å²) in [5.41, 5.74) is 37.8. The summed E-state index contributed by atoms with van der Waals surface area (Å²) in [5.74, 6) is 0. The molecule has 119 heavy (non-hydrogen) atoms. The quantitative estimate of drug-likeness (QED) is 0.141. The maximum Gasteiger partial charge on any atom is 0.252 e. The molecular formula is C114H123BN4. The highest BCUT2D eigenvalue weighted by Crippen LogP contribution is 2.54. The Hall–Kier alpha value is -10.9. The maximum absolute atomic E-state index is 2.75. The second-order valence-electron chi connectivity index (χ2n) is 44.2. The molecule has 4 heterocycles. The van der Waals surface area contributed by atoms with Crippen molar-refractivity contribution in [1.82, 2.24) is 9.13 Å². The summed E-state index contributed by atoms with van der Waals surface area (Å²) in [7, 11) is 0. The predicted molar refractivity (Wildman–Crippen MR) is 519 cm³/mol. The Balaban J connectivity index is 1.05. The normalized spacial score (nSPS) is 13.8. The summed E-state index contributed by atoms with van der Waals surface area (Å²) >= 11 is 0. The van der Waals surface area contributed by atoms with E-state index in [1.165, 1.54) is 155 Å². The number of nitrogens with zero attached hydrogens (tertiary/aromatic N) is 4. The van der Waals surface area contributed by atoms with Gasteiger partial charge in [0.25, 0.3) is 6.71 Å². The fourth-order valence-electron chi connectivity index (χ4n) is 18.5. The van der Waals surface area contributed by atoms with Crippen LogP contribution in [0.5, 0.6) is 0 Å². The van der Waals surface area contributed by atoms with E-state index >= 15 is 0 Å². The minimum atomic E-state index is -0.346. The van der Waals surface area contributed by atoms with Crippen LogP contribution in [0.15, 0.2) is 255 Å². The first-order valence-corrected chi connectivity index (χ1v) is 43.6. The Bertz CT molecular complexity index is 6120. The molecule has 15 aromatic rings. The Morgan fingerprint density at radius 2 is 0.487 bits per heavy atom. The minimum absolute atomic E-state index is 0.0495. The van der Waals surface area contributed by atoms with Gasteiger partial charge in [-0.3, -0.25) is 0 Å². The summed E-state index contributed by atoms with van der Waals surface area (Å²) in [6, 6.07) is 102. The summed E-state index contributed by atoms with van der Waals surface area (Å²) in [4.78, 5) is 5.50. The van der Waals surface area contributed by atoms with Crippen LogP contribution in [-0.2, 0) is 48.7 Å². The number of hydrogen-bond acceptors (Lipinski definition) is 2. The van der Waals surface area contributed by atoms with Crippen molar-refractivity contribution < 1.29 is 0 Å². The number of benzene rings is 13. The van der Waals surface area contributed by atoms with E-state index in [4.69, 9.17) is 0 Å². The van der Waals surface area contributed by atoms with Gasteiger partial charge in [0.2, 0.25) is 0 Å². The molecule has 5 heteroatoms. The van der Waals surface area contributed by atoms with E-state index in [1.807, 2.05) is 0 Å². The van der Waals surface area contributed by atoms with Gasteiger partial charge in [-0.05, 0) is 234 Å². The first-order chi connectivity index (χ1) is 55.7. The van der Waals surface area contributed by atoms with Gasteiger partial charge in [0, 0.05) is 66.8 Å². The number of anilines is 6. The van der Waals surface area contributed by atoms with E-state index in [9.17, 15) is 0 Å². The highest BCUT2D eigenvalue weighted by atomic mass is 15.2. The van der Waals surface area contributed by atoms with Gasteiger partial charge >= 0.3 is 0 Å². The Morgan fingerprint density at radius 3 is 0.815 bits per heavy atom. The molecule has 2 aliphatic rings. The van der Waals surface area contributed by atoms with Crippen LogP contribution >= 0.6 is 0 Å². The van der Waals surface area contributed by atoms with Crippen LogP contribution in [0, 0.1) is 0 Å². The second-order valence-corrected chi connectivity index (χ2v) is 44.2. The molecule has 0 radical (unpaired) electrons. The van der Waals surface area contributed by atoms with E-state index in [0.717, 1.165) is 45.3 Å². The second kappa shape index (κ2) is 27.9. The maximum atomic E-state index is 2.75. The Morgan fingerprint density at radius 1 is 0.193 bits per heavy atom. The number of aromatic nitrogens is 2. The van der Waals surface area contributed by atoms with Crippen molar-refractivity contribution in [3.05, 3.63) is 305 Å². The monoisotopic (exact) mass is 1560 g/mol. The van der Waals surface area contributed by atoms with Crippen molar-refractivity contribution in [3.63, 3.8) is 0 Å². The molecule has 0 amide bonds. The molecule has 4 nitrogen and oxygen atoms in total. The van der Waals surface area contributed by atoms with E-state index < -0.39 is 0 Å². The molecule has 0 saturated heterocycles. The van der Waals surface area contributed by atoms with E-state index in [-0.39, 0.29) is 55.4 Å². The molecule has 2 aliphatic heterocycles. The Labute approximate surface area is 711 Å². The molecule has 17 rings (SSSR count). The van der Waals surface area contributed by atoms with Crippen LogP contribution in [0.2, 0.25) is 0 Å². The van der Waals surface area contributed by atoms with Crippen LogP contribution in [-0.4, -0.2) is 15.8 Å². The van der Waals surface area contributed by atoms with Gasteiger partial charge in [0.1, 0.15) is 0 Å². The van der Waals surface area contributed by atoms with Crippen molar-refractivity contribution in [1.29, 1.82) is 0 Å². The lowest BCUT2D eigenvalue weighted by molar-refractivity contribution is 0.568. The third-order valence-electron chi connectivity index (χ3n) is 26.1. The zero-order valence-corrected chi connectivity index (χ0v) is 76.1. The first-order valence-electron chi connectivity index (χ1n) is 43.6. The highest BCUT2D eigenvalue weighted by Gasteiger charge is 2.46. The van der Waals surface area contributed by atoms with E-state index in [2.05, 4.69) is 461 Å². The number of para-hydroxylation sites is 2. The number of fused-ring (bicyclic) bond motifs is 10. The van der Waals surface area contributed by atoms with Crippen molar-refractivity contribution in [3.8, 4) is 55.9 Å². The molecule has 0 aliphatic carbocycles. The number of hydrogen-bond donors (Lipinski definition) is 0. The molecule has 2 aromatic heterocycles. The SMILES string of the molecule is CC(C)(C)c1ccc(-c2ccc(-c3cc(C(C)(C)C)cc(C(C)(C)C)c3)cc2N2c3cc(-n4c5ccccc5c5cc(C(C)(C)C)ccc54)ccc3B3c4ccc(-n5c6ccccc6c6cc(C(C)(C)C)ccc65)cc4N(c4cc(-c5cc(C(C)(C)C)cc(C(C)(C)C)c5)ccc4-c4ccc(C(C)(C)C)cc4)c4cc(C(C)(C)C)cc2c43)cc1. The van der Waals surface area contributed by atoms with Gasteiger partial charge in [-0.2, -0.15) is 0 Å². The molecule has 602 valence electrons. The zero-order valence-electron chi connectivity index (χ0n) is 76.1. The molecule has 0 saturated carbocycles. The van der Waals surface area contributed by atoms with Crippen LogP contribution < -0.4 is 26.2 Å². The standard InChI is InChI=1S/C114H123BN4/c1-106(2,3)76-42-36-70(37-43-76)87-50-40-72(74-56-80(110(13,14)15)62-81(57-74)111(16,17)18)60-99(87)118-101-68-85(116-95-34-30-28-32-89(95)91-64-78(108(7,8)9)46-54-97(91)116)48-52-93(101)115-94-53-49-86(117-96-35-31-29-33-90(96)92-65-79(109(10,11)12)47-55-98(92)117)69-102(94)119(104-67-84(114(25,26)27)66-103(118)105(104)115)100-61-73(41-51-88(100)71-38-44-77(45-39-71)107(4,5)6)75-58-82(112(19,20)21)63-83(59-75)113(22,23)24/h28-69H,1-27H3. The van der Waals surface area contributed by atoms with Gasteiger partial charge < -0.3 is 18.9 Å². The third kappa shape index (κ3) is 14.4. The van der Waals surface area contributed by atoms with Crippen molar-refractivity contribution in [2.24, 2.45) is 0 Å². The molecule has 0 spiro atoms. The minimum Gasteiger partial charge on any atom is -0.311 e. The van der Waals surface area contributed by atoms with Crippen LogP contribution in [0.4, 0.5) is 34.1 Å². The molecule has 13 aromatic carbocycles. The van der Waals surface area contributed by atoms with Crippen molar-refractivity contribution in [2.45, 2.75) is 236 Å². The van der Waals surface area contributed by atoms with E-state index in [1.54, 1.807) is 0 Å². The summed E-state index contributed by atoms with van der Waals surface area (Å²) in [6.45, 7) is 63.4. The Kier molecular flexibility index (Phi) is 18.9. The van der Waals surface area contributed by atoms with Crippen LogP contribution in [0.3, 0.4) is 0 Å². The van der Waals surface area contributed by atoms with Gasteiger partial charge in [-0.1, -0.05) is 357 Å². The molecule has 0 atom stereocenters. The van der Waals surface area contributed by atoms with Gasteiger partial charge in [0.15, 0.2) is 0 Å². The average molecular weight is 1560 g/mol. The highest BCUT2D eigenvalue weighted by molar-refractivity contribution is 7.00. The summed E-state index contributed by atoms with van der Waals surface area (Å²) < 4.78 is 5.11. The topological polar surface area (TPSA) is 16.3 Å². The first kappa shape index (κ1) is 80.5. The number of rotatable bonds is 8. The van der Waals surface area contributed by atoms with Crippen molar-refractivity contribution >= 4 is 101 Å². The summed E-state index contributed by atoms with van der Waals surface area (Å²) in [5, 5.41) is 5.00.